The van der Waals surface area contributed by atoms with E-state index in [0.29, 0.717) is 0 Å². The van der Waals surface area contributed by atoms with Crippen LogP contribution in [-0.4, -0.2) is 10.9 Å². The maximum atomic E-state index is 13.4. The van der Waals surface area contributed by atoms with Crippen molar-refractivity contribution in [2.45, 2.75) is 6.54 Å². The van der Waals surface area contributed by atoms with Gasteiger partial charge in [0, 0.05) is 24.4 Å². The Morgan fingerprint density at radius 2 is 2.10 bits per heavy atom. The number of aromatic nitrogens is 1. The van der Waals surface area contributed by atoms with E-state index in [4.69, 9.17) is 17.3 Å². The van der Waals surface area contributed by atoms with Crippen molar-refractivity contribution in [3.05, 3.63) is 58.2 Å². The number of carbonyl (C=O) groups is 1. The van der Waals surface area contributed by atoms with Gasteiger partial charge >= 0.3 is 0 Å². The summed E-state index contributed by atoms with van der Waals surface area (Å²) in [7, 11) is 0. The van der Waals surface area contributed by atoms with Crippen LogP contribution in [-0.2, 0) is 6.54 Å². The maximum absolute atomic E-state index is 13.4. The Morgan fingerprint density at radius 3 is 2.75 bits per heavy atom. The maximum Gasteiger partial charge on any atom is 0.253 e. The highest BCUT2D eigenvalue weighted by Gasteiger charge is 2.10. The van der Waals surface area contributed by atoms with Crippen molar-refractivity contribution in [3.63, 3.8) is 0 Å². The van der Waals surface area contributed by atoms with Crippen molar-refractivity contribution in [1.82, 2.24) is 10.3 Å². The molecule has 4 nitrogen and oxygen atoms in total. The lowest BCUT2D eigenvalue weighted by Crippen LogP contribution is -2.23. The number of amides is 1. The highest BCUT2D eigenvalue weighted by molar-refractivity contribution is 6.33. The van der Waals surface area contributed by atoms with Crippen molar-refractivity contribution in [2.24, 2.45) is 0 Å². The number of nitrogens with one attached hydrogen (secondary N) is 1. The molecule has 0 fully saturated rings. The molecule has 1 amide bonds. The molecule has 0 saturated heterocycles. The summed E-state index contributed by atoms with van der Waals surface area (Å²) in [5, 5.41) is 2.64. The van der Waals surface area contributed by atoms with Crippen molar-refractivity contribution >= 4 is 23.3 Å². The molecule has 0 radical (unpaired) electrons. The van der Waals surface area contributed by atoms with Crippen LogP contribution in [0.1, 0.15) is 15.9 Å². The van der Waals surface area contributed by atoms with Crippen molar-refractivity contribution in [3.8, 4) is 0 Å². The van der Waals surface area contributed by atoms with Crippen LogP contribution >= 0.6 is 11.6 Å². The first kappa shape index (κ1) is 14.2. The van der Waals surface area contributed by atoms with Crippen LogP contribution in [0.4, 0.5) is 14.6 Å². The predicted molar refractivity (Wildman–Crippen MR) is 71.2 cm³/mol. The number of anilines is 1. The Hall–Kier alpha value is -2.21. The first-order chi connectivity index (χ1) is 9.47. The third kappa shape index (κ3) is 3.21. The standard InChI is InChI=1S/C13H10ClF2N3O/c14-10-3-8(6-18-12(10)17)13(20)19-5-7-1-2-9(15)4-11(7)16/h1-4,6H,5H2,(H2,17,18)(H,19,20). The van der Waals surface area contributed by atoms with E-state index in [1.807, 2.05) is 0 Å². The summed E-state index contributed by atoms with van der Waals surface area (Å²) >= 11 is 5.75. The van der Waals surface area contributed by atoms with E-state index in [2.05, 4.69) is 10.3 Å². The Kier molecular flexibility index (Phi) is 4.14. The number of halogens is 3. The molecule has 7 heteroatoms. The zero-order valence-corrected chi connectivity index (χ0v) is 10.9. The zero-order chi connectivity index (χ0) is 14.7. The molecule has 0 spiro atoms. The first-order valence-corrected chi connectivity index (χ1v) is 5.98. The van der Waals surface area contributed by atoms with Gasteiger partial charge in [-0.15, -0.1) is 0 Å². The quantitative estimate of drug-likeness (QED) is 0.915. The normalized spacial score (nSPS) is 10.3. The van der Waals surface area contributed by atoms with E-state index in [1.54, 1.807) is 0 Å². The molecule has 1 aromatic heterocycles. The Morgan fingerprint density at radius 1 is 1.35 bits per heavy atom. The van der Waals surface area contributed by atoms with E-state index in [0.717, 1.165) is 12.1 Å². The summed E-state index contributed by atoms with van der Waals surface area (Å²) < 4.78 is 26.1. The number of rotatable bonds is 3. The predicted octanol–water partition coefficient (Wildman–Crippen LogP) is 2.53. The molecule has 0 aliphatic heterocycles. The number of carbonyl (C=O) groups excluding carboxylic acids is 1. The fraction of sp³-hybridized carbons (Fsp3) is 0.0769. The molecule has 0 atom stereocenters. The lowest BCUT2D eigenvalue weighted by atomic mass is 10.2. The van der Waals surface area contributed by atoms with Crippen LogP contribution < -0.4 is 11.1 Å². The molecule has 1 aromatic carbocycles. The second kappa shape index (κ2) is 5.83. The van der Waals surface area contributed by atoms with Crippen molar-refractivity contribution in [2.75, 3.05) is 5.73 Å². The molecule has 0 unspecified atom stereocenters. The molecule has 104 valence electrons. The minimum atomic E-state index is -0.723. The molecular weight excluding hydrogens is 288 g/mol. The van der Waals surface area contributed by atoms with Gasteiger partial charge < -0.3 is 11.1 Å². The van der Waals surface area contributed by atoms with Crippen LogP contribution in [0, 0.1) is 11.6 Å². The topological polar surface area (TPSA) is 68.0 Å². The van der Waals surface area contributed by atoms with Gasteiger partial charge in [-0.05, 0) is 12.1 Å². The van der Waals surface area contributed by atoms with Gasteiger partial charge in [0.2, 0.25) is 0 Å². The van der Waals surface area contributed by atoms with E-state index in [-0.39, 0.29) is 28.5 Å². The third-order valence-corrected chi connectivity index (χ3v) is 2.89. The minimum absolute atomic E-state index is 0.0764. The van der Waals surface area contributed by atoms with Crippen LogP contribution in [0.5, 0.6) is 0 Å². The summed E-state index contributed by atoms with van der Waals surface area (Å²) in [6.07, 6.45) is 1.26. The zero-order valence-electron chi connectivity index (χ0n) is 10.2. The number of hydrogen-bond acceptors (Lipinski definition) is 3. The number of hydrogen-bond donors (Lipinski definition) is 2. The molecule has 20 heavy (non-hydrogen) atoms. The monoisotopic (exact) mass is 297 g/mol. The summed E-state index contributed by atoms with van der Waals surface area (Å²) in [5.41, 5.74) is 5.80. The van der Waals surface area contributed by atoms with Gasteiger partial charge in [-0.2, -0.15) is 0 Å². The van der Waals surface area contributed by atoms with E-state index in [9.17, 15) is 13.6 Å². The van der Waals surface area contributed by atoms with Gasteiger partial charge in [0.1, 0.15) is 17.5 Å². The van der Waals surface area contributed by atoms with E-state index >= 15 is 0 Å². The lowest BCUT2D eigenvalue weighted by Gasteiger charge is -2.07. The van der Waals surface area contributed by atoms with Crippen LogP contribution in [0.15, 0.2) is 30.5 Å². The van der Waals surface area contributed by atoms with Gasteiger partial charge in [-0.3, -0.25) is 4.79 Å². The molecule has 0 bridgehead atoms. The van der Waals surface area contributed by atoms with Gasteiger partial charge in [0.25, 0.3) is 5.91 Å². The minimum Gasteiger partial charge on any atom is -0.382 e. The van der Waals surface area contributed by atoms with E-state index in [1.165, 1.54) is 18.3 Å². The lowest BCUT2D eigenvalue weighted by molar-refractivity contribution is 0.0950. The average Bonchev–Trinajstić information content (AvgIpc) is 2.40. The summed E-state index contributed by atoms with van der Waals surface area (Å²) in [5.74, 6) is -1.76. The molecule has 3 N–H and O–H groups in total. The Labute approximate surface area is 118 Å². The molecule has 2 aromatic rings. The SMILES string of the molecule is Nc1ncc(C(=O)NCc2ccc(F)cc2F)cc1Cl. The van der Waals surface area contributed by atoms with Gasteiger partial charge in [-0.25, -0.2) is 13.8 Å². The highest BCUT2D eigenvalue weighted by Crippen LogP contribution is 2.16. The number of pyridine rings is 1. The highest BCUT2D eigenvalue weighted by atomic mass is 35.5. The average molecular weight is 298 g/mol. The molecule has 2 rings (SSSR count). The number of nitrogens with zero attached hydrogens (tertiary/aromatic N) is 1. The van der Waals surface area contributed by atoms with Crippen molar-refractivity contribution in [1.29, 1.82) is 0 Å². The third-order valence-electron chi connectivity index (χ3n) is 2.59. The summed E-state index contributed by atoms with van der Waals surface area (Å²) in [4.78, 5) is 15.6. The Bertz CT molecular complexity index is 664. The van der Waals surface area contributed by atoms with Crippen LogP contribution in [0.2, 0.25) is 5.02 Å². The smallest absolute Gasteiger partial charge is 0.253 e. The van der Waals surface area contributed by atoms with Gasteiger partial charge in [0.15, 0.2) is 0 Å². The number of nitrogens with two attached hydrogens (primary N) is 1. The summed E-state index contributed by atoms with van der Waals surface area (Å²) in [6, 6.07) is 4.49. The number of nitrogen functional groups attached to an aromatic ring is 1. The first-order valence-electron chi connectivity index (χ1n) is 5.60. The Balaban J connectivity index is 2.06. The second-order valence-electron chi connectivity index (χ2n) is 4.01. The molecule has 1 heterocycles. The van der Waals surface area contributed by atoms with Gasteiger partial charge in [-0.1, -0.05) is 17.7 Å². The molecule has 0 aliphatic rings. The van der Waals surface area contributed by atoms with Crippen LogP contribution in [0.3, 0.4) is 0 Å². The molecule has 0 aliphatic carbocycles. The van der Waals surface area contributed by atoms with Gasteiger partial charge in [0.05, 0.1) is 10.6 Å². The largest absolute Gasteiger partial charge is 0.382 e. The number of benzene rings is 1. The molecular formula is C13H10ClF2N3O. The second-order valence-corrected chi connectivity index (χ2v) is 4.42. The summed E-state index contributed by atoms with van der Waals surface area (Å²) in [6.45, 7) is -0.0764. The van der Waals surface area contributed by atoms with Crippen molar-refractivity contribution < 1.29 is 13.6 Å². The fourth-order valence-electron chi connectivity index (χ4n) is 1.52. The van der Waals surface area contributed by atoms with E-state index < -0.39 is 17.5 Å². The van der Waals surface area contributed by atoms with Crippen LogP contribution in [0.25, 0.3) is 0 Å². The molecule has 0 saturated carbocycles. The fourth-order valence-corrected chi connectivity index (χ4v) is 1.68.